The highest BCUT2D eigenvalue weighted by atomic mass is 19.4. The molecule has 6 nitrogen and oxygen atoms in total. The van der Waals surface area contributed by atoms with Gasteiger partial charge in [-0.15, -0.1) is 6.07 Å². The minimum Gasteiger partial charge on any atom is -0.490 e. The summed E-state index contributed by atoms with van der Waals surface area (Å²) in [6.07, 6.45) is -45.0. The van der Waals surface area contributed by atoms with Gasteiger partial charge in [-0.1, -0.05) is 11.1 Å². The van der Waals surface area contributed by atoms with Gasteiger partial charge in [-0.05, 0) is 69.3 Å². The lowest BCUT2D eigenvalue weighted by Gasteiger charge is -2.49. The number of rotatable bonds is 13. The molecule has 31 heteroatoms. The highest BCUT2D eigenvalue weighted by molar-refractivity contribution is 6.39. The molecular formula is C42H34BF24NO5. The van der Waals surface area contributed by atoms with E-state index in [1.54, 1.807) is 6.07 Å². The Labute approximate surface area is 397 Å². The van der Waals surface area contributed by atoms with Crippen LogP contribution in [0.3, 0.4) is 0 Å². The number of alkyl halides is 24. The van der Waals surface area contributed by atoms with Gasteiger partial charge >= 0.3 is 56.7 Å². The highest BCUT2D eigenvalue weighted by Gasteiger charge is 2.55. The normalized spacial score (nSPS) is 14.7. The third kappa shape index (κ3) is 15.8. The lowest BCUT2D eigenvalue weighted by molar-refractivity contribution is -0.990. The van der Waals surface area contributed by atoms with Crippen molar-refractivity contribution in [3.8, 4) is 17.2 Å². The van der Waals surface area contributed by atoms with Gasteiger partial charge in [-0.2, -0.15) is 124 Å². The average Bonchev–Trinajstić information content (AvgIpc) is 3.23. The standard InChI is InChI=1S/C34H31BF18NO5.C8H3F6/c1-7-54(5,8-2)28(4,56-17(3)55-6)27-25(34(51,52)53)15-22(33(48,49)50)16-26(27)59-35(57-23-11-18(29(36,37)38)9-19(12-23)30(39,40)41)58-24-13-20(31(42,43)44)10-21(14-24)32(45,46)47;9-7(10,11)5-2-1-3-6(4-5)8(12,13)14/h9-17H,7-8H2,1-6H3;2-4H/q+1;-1. The molecule has 2 atom stereocenters. The van der Waals surface area contributed by atoms with E-state index in [0.29, 0.717) is 12.1 Å². The monoisotopic (exact) mass is 1100 g/mol. The van der Waals surface area contributed by atoms with Gasteiger partial charge in [0.15, 0.2) is 6.29 Å². The minimum atomic E-state index is -5.79. The van der Waals surface area contributed by atoms with Crippen LogP contribution >= 0.6 is 0 Å². The van der Waals surface area contributed by atoms with Crippen LogP contribution in [0, 0.1) is 6.07 Å². The van der Waals surface area contributed by atoms with Gasteiger partial charge < -0.3 is 18.7 Å². The zero-order chi connectivity index (χ0) is 56.5. The SMILES string of the molecule is CC[N+](C)(CC)C(C)(OC(C)OC)c1c(OB(Oc2cc(C(F)(F)F)cc(C(F)(F)F)c2)Oc2cc(C(F)(F)F)cc(C(F)(F)F)c2)cc(C(F)(F)F)cc1C(F)(F)F.FC(F)(F)c1c[c-]cc(C(F)(F)F)c1. The summed E-state index contributed by atoms with van der Waals surface area (Å²) in [5, 5.41) is 0. The lowest BCUT2D eigenvalue weighted by atomic mass is 9.90. The maximum atomic E-state index is 15.0. The van der Waals surface area contributed by atoms with E-state index in [1.807, 2.05) is 0 Å². The topological polar surface area (TPSA) is 46.2 Å². The van der Waals surface area contributed by atoms with E-state index < -0.39 is 159 Å². The number of benzene rings is 4. The summed E-state index contributed by atoms with van der Waals surface area (Å²) in [5.41, 5.74) is -19.5. The number of ether oxygens (including phenoxy) is 2. The summed E-state index contributed by atoms with van der Waals surface area (Å²) >= 11 is 0. The van der Waals surface area contributed by atoms with Crippen molar-refractivity contribution in [1.82, 2.24) is 0 Å². The van der Waals surface area contributed by atoms with Crippen molar-refractivity contribution in [2.24, 2.45) is 0 Å². The molecule has 4 rings (SSSR count). The summed E-state index contributed by atoms with van der Waals surface area (Å²) in [4.78, 5) is 0. The number of hydrogen-bond acceptors (Lipinski definition) is 5. The van der Waals surface area contributed by atoms with Crippen molar-refractivity contribution in [1.29, 1.82) is 0 Å². The summed E-state index contributed by atoms with van der Waals surface area (Å²) in [5.74, 6) is -4.95. The third-order valence-electron chi connectivity index (χ3n) is 10.6. The molecule has 0 amide bonds. The van der Waals surface area contributed by atoms with E-state index in [0.717, 1.165) is 21.0 Å². The molecule has 0 fully saturated rings. The van der Waals surface area contributed by atoms with Crippen LogP contribution in [0.4, 0.5) is 105 Å². The molecule has 2 unspecified atom stereocenters. The molecule has 4 aromatic rings. The van der Waals surface area contributed by atoms with E-state index in [2.05, 4.69) is 0 Å². The Hall–Kier alpha value is -5.46. The fraction of sp³-hybridized carbons (Fsp3) is 0.429. The van der Waals surface area contributed by atoms with Crippen molar-refractivity contribution in [2.45, 2.75) is 89.1 Å². The summed E-state index contributed by atoms with van der Waals surface area (Å²) in [6.45, 7) is 4.44. The molecule has 0 bridgehead atoms. The van der Waals surface area contributed by atoms with Crippen LogP contribution in [0.2, 0.25) is 0 Å². The first-order chi connectivity index (χ1) is 32.7. The Morgan fingerprint density at radius 1 is 0.466 bits per heavy atom. The second kappa shape index (κ2) is 21.4. The lowest BCUT2D eigenvalue weighted by Crippen LogP contribution is -2.61. The van der Waals surface area contributed by atoms with Crippen molar-refractivity contribution >= 4 is 7.32 Å². The predicted octanol–water partition coefficient (Wildman–Crippen LogP) is 15.5. The van der Waals surface area contributed by atoms with Gasteiger partial charge in [0.05, 0.1) is 59.1 Å². The predicted molar refractivity (Wildman–Crippen MR) is 204 cm³/mol. The highest BCUT2D eigenvalue weighted by Crippen LogP contribution is 2.51. The zero-order valence-corrected chi connectivity index (χ0v) is 37.5. The van der Waals surface area contributed by atoms with Crippen molar-refractivity contribution in [3.63, 3.8) is 0 Å². The van der Waals surface area contributed by atoms with Crippen molar-refractivity contribution in [2.75, 3.05) is 27.2 Å². The Morgan fingerprint density at radius 2 is 0.781 bits per heavy atom. The van der Waals surface area contributed by atoms with Gasteiger partial charge in [0.1, 0.15) is 17.2 Å². The maximum absolute atomic E-state index is 15.0. The molecule has 0 heterocycles. The van der Waals surface area contributed by atoms with Gasteiger partial charge in [-0.3, -0.25) is 9.22 Å². The first kappa shape index (κ1) is 61.8. The second-order valence-electron chi connectivity index (χ2n) is 15.5. The number of halogens is 24. The molecular weight excluding hydrogens is 1070 g/mol. The van der Waals surface area contributed by atoms with Crippen molar-refractivity contribution < 1.29 is 133 Å². The summed E-state index contributed by atoms with van der Waals surface area (Å²) in [7, 11) is -1.12. The van der Waals surface area contributed by atoms with Crippen LogP contribution in [-0.4, -0.2) is 45.3 Å². The van der Waals surface area contributed by atoms with Crippen LogP contribution in [0.15, 0.2) is 66.7 Å². The second-order valence-corrected chi connectivity index (χ2v) is 15.5. The minimum absolute atomic E-state index is 0.0521. The van der Waals surface area contributed by atoms with Crippen LogP contribution in [0.25, 0.3) is 0 Å². The molecule has 73 heavy (non-hydrogen) atoms. The molecule has 0 aliphatic carbocycles. The molecule has 0 N–H and O–H groups in total. The summed E-state index contributed by atoms with van der Waals surface area (Å²) in [6, 6.07) is 0.549. The molecule has 0 aliphatic heterocycles. The average molecular weight is 1100 g/mol. The molecule has 0 saturated carbocycles. The first-order valence-electron chi connectivity index (χ1n) is 19.8. The number of nitrogens with zero attached hydrogens (tertiary/aromatic N) is 1. The van der Waals surface area contributed by atoms with E-state index in [-0.39, 0.29) is 49.5 Å². The van der Waals surface area contributed by atoms with E-state index >= 15 is 0 Å². The molecule has 0 aromatic heterocycles. The fourth-order valence-electron chi connectivity index (χ4n) is 6.41. The Balaban J connectivity index is 0.000000861. The Bertz CT molecular complexity index is 2330. The third-order valence-corrected chi connectivity index (χ3v) is 10.6. The Kier molecular flexibility index (Phi) is 18.1. The molecule has 0 saturated heterocycles. The van der Waals surface area contributed by atoms with Gasteiger partial charge in [-0.25, -0.2) is 0 Å². The maximum Gasteiger partial charge on any atom is 0.864 e. The van der Waals surface area contributed by atoms with Crippen LogP contribution < -0.4 is 14.0 Å². The van der Waals surface area contributed by atoms with E-state index in [1.165, 1.54) is 20.9 Å². The van der Waals surface area contributed by atoms with Crippen LogP contribution in [0.5, 0.6) is 17.2 Å². The van der Waals surface area contributed by atoms with Crippen molar-refractivity contribution in [3.05, 3.63) is 123 Å². The smallest absolute Gasteiger partial charge is 0.490 e. The number of quaternary nitrogens is 1. The van der Waals surface area contributed by atoms with E-state index in [9.17, 15) is 105 Å². The zero-order valence-electron chi connectivity index (χ0n) is 37.5. The largest absolute Gasteiger partial charge is 0.864 e. The van der Waals surface area contributed by atoms with Crippen LogP contribution in [0.1, 0.15) is 77.8 Å². The molecule has 408 valence electrons. The van der Waals surface area contributed by atoms with Gasteiger partial charge in [0, 0.05) is 14.0 Å². The summed E-state index contributed by atoms with van der Waals surface area (Å²) < 4.78 is 350. The van der Waals surface area contributed by atoms with Gasteiger partial charge in [0.2, 0.25) is 5.72 Å². The van der Waals surface area contributed by atoms with Gasteiger partial charge in [0.25, 0.3) is 0 Å². The number of methoxy groups -OCH3 is 1. The molecule has 0 aliphatic rings. The molecule has 0 radical (unpaired) electrons. The Morgan fingerprint density at radius 3 is 1.07 bits per heavy atom. The van der Waals surface area contributed by atoms with Crippen LogP contribution in [-0.2, 0) is 64.6 Å². The number of hydrogen-bond donors (Lipinski definition) is 0. The molecule has 0 spiro atoms. The fourth-order valence-corrected chi connectivity index (χ4v) is 6.41. The molecule has 4 aromatic carbocycles. The van der Waals surface area contributed by atoms with E-state index in [4.69, 9.17) is 23.4 Å². The quantitative estimate of drug-likeness (QED) is 0.0439. The first-order valence-corrected chi connectivity index (χ1v) is 19.8.